The van der Waals surface area contributed by atoms with E-state index in [2.05, 4.69) is 16.0 Å². The van der Waals surface area contributed by atoms with Gasteiger partial charge in [0, 0.05) is 13.1 Å². The number of hydrogen-bond donors (Lipinski definition) is 3. The number of nitrogens with one attached hydrogen (secondary N) is 3. The molecular weight excluding hydrogens is 283 g/mol. The van der Waals surface area contributed by atoms with Crippen LogP contribution in [0.25, 0.3) is 0 Å². The fourth-order valence-electron chi connectivity index (χ4n) is 2.03. The lowest BCUT2D eigenvalue weighted by molar-refractivity contribution is -0.136. The third-order valence-electron chi connectivity index (χ3n) is 3.11. The van der Waals surface area contributed by atoms with E-state index < -0.39 is 17.8 Å². The second-order valence-corrected chi connectivity index (χ2v) is 4.67. The minimum Gasteiger partial charge on any atom is -0.334 e. The summed E-state index contributed by atoms with van der Waals surface area (Å²) in [7, 11) is 0. The van der Waals surface area contributed by atoms with E-state index in [4.69, 9.17) is 0 Å². The molecular formula is C14H16F3N3O. The molecule has 114 valence electrons. The van der Waals surface area contributed by atoms with Crippen LogP contribution >= 0.6 is 0 Å². The van der Waals surface area contributed by atoms with Crippen LogP contribution in [-0.4, -0.2) is 25.7 Å². The topological polar surface area (TPSA) is 53.2 Å². The summed E-state index contributed by atoms with van der Waals surface area (Å²) in [6.45, 7) is 1.92. The van der Waals surface area contributed by atoms with Crippen molar-refractivity contribution in [1.82, 2.24) is 10.6 Å². The van der Waals surface area contributed by atoms with Crippen LogP contribution in [0.2, 0.25) is 0 Å². The second kappa shape index (κ2) is 6.62. The average molecular weight is 299 g/mol. The van der Waals surface area contributed by atoms with Gasteiger partial charge in [0.15, 0.2) is 0 Å². The van der Waals surface area contributed by atoms with Gasteiger partial charge in [0.05, 0.1) is 11.3 Å². The predicted octanol–water partition coefficient (Wildman–Crippen LogP) is 2.75. The zero-order valence-corrected chi connectivity index (χ0v) is 11.3. The summed E-state index contributed by atoms with van der Waals surface area (Å²) in [6, 6.07) is 4.24. The largest absolute Gasteiger partial charge is 0.418 e. The summed E-state index contributed by atoms with van der Waals surface area (Å²) >= 11 is 0. The lowest BCUT2D eigenvalue weighted by Crippen LogP contribution is -2.33. The number of alkyl halides is 3. The lowest BCUT2D eigenvalue weighted by atomic mass is 10.1. The van der Waals surface area contributed by atoms with E-state index in [0.29, 0.717) is 6.54 Å². The highest BCUT2D eigenvalue weighted by Gasteiger charge is 2.33. The van der Waals surface area contributed by atoms with Crippen LogP contribution in [0.1, 0.15) is 12.0 Å². The van der Waals surface area contributed by atoms with Gasteiger partial charge in [-0.2, -0.15) is 13.2 Å². The maximum Gasteiger partial charge on any atom is 0.418 e. The number of amides is 2. The van der Waals surface area contributed by atoms with Crippen LogP contribution in [0, 0.1) is 0 Å². The highest BCUT2D eigenvalue weighted by Crippen LogP contribution is 2.34. The SMILES string of the molecule is O=C(NCC1=CCNCC1)Nc1ccccc1C(F)(F)F. The Kier molecular flexibility index (Phi) is 4.85. The molecule has 0 atom stereocenters. The van der Waals surface area contributed by atoms with E-state index in [-0.39, 0.29) is 5.69 Å². The first-order valence-electron chi connectivity index (χ1n) is 6.56. The third kappa shape index (κ3) is 4.49. The molecule has 0 fully saturated rings. The maximum absolute atomic E-state index is 12.8. The van der Waals surface area contributed by atoms with Crippen LogP contribution in [0.4, 0.5) is 23.7 Å². The molecule has 3 N–H and O–H groups in total. The zero-order chi connectivity index (χ0) is 15.3. The summed E-state index contributed by atoms with van der Waals surface area (Å²) in [4.78, 5) is 11.7. The molecule has 0 radical (unpaired) electrons. The second-order valence-electron chi connectivity index (χ2n) is 4.67. The normalized spacial score (nSPS) is 15.3. The van der Waals surface area contributed by atoms with E-state index in [9.17, 15) is 18.0 Å². The molecule has 0 unspecified atom stereocenters. The molecule has 0 saturated heterocycles. The molecule has 1 aromatic rings. The van der Waals surface area contributed by atoms with Gasteiger partial charge in [-0.25, -0.2) is 4.79 Å². The Labute approximate surface area is 120 Å². The Bertz CT molecular complexity index is 541. The van der Waals surface area contributed by atoms with Crippen molar-refractivity contribution in [2.75, 3.05) is 25.0 Å². The van der Waals surface area contributed by atoms with E-state index in [0.717, 1.165) is 31.1 Å². The molecule has 0 saturated carbocycles. The summed E-state index contributed by atoms with van der Waals surface area (Å²) in [5.74, 6) is 0. The fraction of sp³-hybridized carbons (Fsp3) is 0.357. The van der Waals surface area contributed by atoms with Gasteiger partial charge in [0.1, 0.15) is 0 Å². The first kappa shape index (κ1) is 15.4. The van der Waals surface area contributed by atoms with Gasteiger partial charge in [-0.1, -0.05) is 23.8 Å². The molecule has 2 rings (SSSR count). The number of carbonyl (C=O) groups excluding carboxylic acids is 1. The van der Waals surface area contributed by atoms with Crippen LogP contribution in [-0.2, 0) is 6.18 Å². The Morgan fingerprint density at radius 2 is 2.05 bits per heavy atom. The Hall–Kier alpha value is -2.02. The van der Waals surface area contributed by atoms with Gasteiger partial charge in [0.2, 0.25) is 0 Å². The third-order valence-corrected chi connectivity index (χ3v) is 3.11. The van der Waals surface area contributed by atoms with Crippen LogP contribution in [0.5, 0.6) is 0 Å². The van der Waals surface area contributed by atoms with E-state index in [1.165, 1.54) is 18.2 Å². The van der Waals surface area contributed by atoms with Gasteiger partial charge < -0.3 is 16.0 Å². The molecule has 1 aliphatic heterocycles. The number of para-hydroxylation sites is 1. The van der Waals surface area contributed by atoms with Crippen molar-refractivity contribution in [3.63, 3.8) is 0 Å². The molecule has 2 amide bonds. The van der Waals surface area contributed by atoms with Crippen molar-refractivity contribution < 1.29 is 18.0 Å². The molecule has 1 aromatic carbocycles. The number of halogens is 3. The number of urea groups is 1. The molecule has 1 heterocycles. The average Bonchev–Trinajstić information content (AvgIpc) is 2.46. The smallest absolute Gasteiger partial charge is 0.334 e. The molecule has 0 spiro atoms. The summed E-state index contributed by atoms with van der Waals surface area (Å²) in [6.07, 6.45) is -1.71. The Morgan fingerprint density at radius 3 is 2.71 bits per heavy atom. The summed E-state index contributed by atoms with van der Waals surface area (Å²) < 4.78 is 38.4. The van der Waals surface area contributed by atoms with Crippen molar-refractivity contribution in [2.45, 2.75) is 12.6 Å². The Balaban J connectivity index is 1.95. The highest BCUT2D eigenvalue weighted by atomic mass is 19.4. The molecule has 0 aliphatic carbocycles. The zero-order valence-electron chi connectivity index (χ0n) is 11.3. The van der Waals surface area contributed by atoms with Crippen molar-refractivity contribution in [3.05, 3.63) is 41.5 Å². The lowest BCUT2D eigenvalue weighted by Gasteiger charge is -2.16. The van der Waals surface area contributed by atoms with Gasteiger partial charge in [0.25, 0.3) is 0 Å². The number of hydrogen-bond acceptors (Lipinski definition) is 2. The van der Waals surface area contributed by atoms with E-state index in [1.54, 1.807) is 0 Å². The highest BCUT2D eigenvalue weighted by molar-refractivity contribution is 5.90. The van der Waals surface area contributed by atoms with Crippen LogP contribution < -0.4 is 16.0 Å². The number of anilines is 1. The number of carbonyl (C=O) groups is 1. The van der Waals surface area contributed by atoms with E-state index in [1.807, 2.05) is 6.08 Å². The van der Waals surface area contributed by atoms with Gasteiger partial charge in [-0.05, 0) is 25.1 Å². The fourth-order valence-corrected chi connectivity index (χ4v) is 2.03. The minimum absolute atomic E-state index is 0.248. The van der Waals surface area contributed by atoms with Crippen LogP contribution in [0.3, 0.4) is 0 Å². The van der Waals surface area contributed by atoms with Gasteiger partial charge >= 0.3 is 12.2 Å². The summed E-state index contributed by atoms with van der Waals surface area (Å²) in [5.41, 5.74) is -0.0453. The monoisotopic (exact) mass is 299 g/mol. The molecule has 7 heteroatoms. The first-order valence-corrected chi connectivity index (χ1v) is 6.56. The van der Waals surface area contributed by atoms with Gasteiger partial charge in [-0.3, -0.25) is 0 Å². The van der Waals surface area contributed by atoms with E-state index >= 15 is 0 Å². The molecule has 0 aromatic heterocycles. The van der Waals surface area contributed by atoms with Crippen molar-refractivity contribution in [1.29, 1.82) is 0 Å². The Morgan fingerprint density at radius 1 is 1.29 bits per heavy atom. The quantitative estimate of drug-likeness (QED) is 0.752. The van der Waals surface area contributed by atoms with Crippen molar-refractivity contribution in [3.8, 4) is 0 Å². The van der Waals surface area contributed by atoms with Gasteiger partial charge in [-0.15, -0.1) is 0 Å². The molecule has 4 nitrogen and oxygen atoms in total. The van der Waals surface area contributed by atoms with Crippen molar-refractivity contribution >= 4 is 11.7 Å². The number of rotatable bonds is 3. The molecule has 21 heavy (non-hydrogen) atoms. The molecule has 1 aliphatic rings. The minimum atomic E-state index is -4.50. The summed E-state index contributed by atoms with van der Waals surface area (Å²) in [5, 5.41) is 7.95. The molecule has 0 bridgehead atoms. The predicted molar refractivity (Wildman–Crippen MR) is 74.0 cm³/mol. The maximum atomic E-state index is 12.8. The van der Waals surface area contributed by atoms with Crippen molar-refractivity contribution in [2.24, 2.45) is 0 Å². The first-order chi connectivity index (χ1) is 9.97. The van der Waals surface area contributed by atoms with Crippen LogP contribution in [0.15, 0.2) is 35.9 Å². The standard InChI is InChI=1S/C14H16F3N3O/c15-14(16,17)11-3-1-2-4-12(11)20-13(21)19-9-10-5-7-18-8-6-10/h1-5,18H,6-9H2,(H2,19,20,21). The number of benzene rings is 1.